The minimum absolute atomic E-state index is 0.109. The number of nitrogens with zero attached hydrogens (tertiary/aromatic N) is 1. The molecule has 1 aliphatic heterocycles. The molecule has 0 aliphatic carbocycles. The van der Waals surface area contributed by atoms with Crippen LogP contribution in [0, 0.1) is 0 Å². The van der Waals surface area contributed by atoms with Gasteiger partial charge in [-0.25, -0.2) is 13.1 Å². The number of rotatable bonds is 8. The fraction of sp³-hybridized carbons (Fsp3) is 0.250. The summed E-state index contributed by atoms with van der Waals surface area (Å²) in [5.41, 5.74) is 2.86. The number of nitrogens with one attached hydrogen (secondary N) is 1. The molecule has 0 radical (unpaired) electrons. The highest BCUT2D eigenvalue weighted by molar-refractivity contribution is 7.90. The number of hydroxylamine groups is 2. The molecular formula is C24H26N2O4S. The van der Waals surface area contributed by atoms with Gasteiger partial charge in [0.1, 0.15) is 17.6 Å². The summed E-state index contributed by atoms with van der Waals surface area (Å²) in [7, 11) is -1.83. The summed E-state index contributed by atoms with van der Waals surface area (Å²) in [4.78, 5) is 5.59. The summed E-state index contributed by atoms with van der Waals surface area (Å²) in [5.74, 6) is 0.732. The third-order valence-electron chi connectivity index (χ3n) is 5.38. The van der Waals surface area contributed by atoms with E-state index in [0.29, 0.717) is 6.61 Å². The van der Waals surface area contributed by atoms with Crippen LogP contribution in [-0.2, 0) is 28.0 Å². The molecule has 0 amide bonds. The van der Waals surface area contributed by atoms with Crippen LogP contribution >= 0.6 is 0 Å². The molecule has 1 N–H and O–H groups in total. The van der Waals surface area contributed by atoms with Crippen molar-refractivity contribution in [2.24, 2.45) is 0 Å². The molecule has 2 atom stereocenters. The van der Waals surface area contributed by atoms with E-state index in [1.165, 1.54) is 0 Å². The van der Waals surface area contributed by atoms with E-state index in [-0.39, 0.29) is 13.2 Å². The van der Waals surface area contributed by atoms with Crippen LogP contribution in [0.15, 0.2) is 84.9 Å². The van der Waals surface area contributed by atoms with Crippen LogP contribution in [0.1, 0.15) is 22.7 Å². The number of hydrogen-bond donors (Lipinski definition) is 1. The highest BCUT2D eigenvalue weighted by Gasteiger charge is 2.43. The van der Waals surface area contributed by atoms with Crippen LogP contribution in [-0.4, -0.2) is 32.4 Å². The van der Waals surface area contributed by atoms with Gasteiger partial charge >= 0.3 is 0 Å². The van der Waals surface area contributed by atoms with Crippen molar-refractivity contribution in [2.75, 3.05) is 13.7 Å². The summed E-state index contributed by atoms with van der Waals surface area (Å²) in [6.07, 6.45) is 0. The molecule has 0 aromatic heterocycles. The molecule has 6 nitrogen and oxygen atoms in total. The number of ether oxygens (including phenoxy) is 1. The largest absolute Gasteiger partial charge is 0.489 e. The Morgan fingerprint density at radius 3 is 2.19 bits per heavy atom. The first-order valence-corrected chi connectivity index (χ1v) is 11.7. The second-order valence-electron chi connectivity index (χ2n) is 7.52. The predicted octanol–water partition coefficient (Wildman–Crippen LogP) is 3.67. The van der Waals surface area contributed by atoms with Crippen molar-refractivity contribution in [2.45, 2.75) is 24.4 Å². The Morgan fingerprint density at radius 2 is 1.55 bits per heavy atom. The van der Waals surface area contributed by atoms with Crippen LogP contribution < -0.4 is 9.46 Å². The van der Waals surface area contributed by atoms with Gasteiger partial charge in [0, 0.05) is 13.6 Å². The van der Waals surface area contributed by atoms with E-state index >= 15 is 0 Å². The van der Waals surface area contributed by atoms with Crippen molar-refractivity contribution < 1.29 is 18.0 Å². The Bertz CT molecular complexity index is 1070. The van der Waals surface area contributed by atoms with Gasteiger partial charge in [-0.15, -0.1) is 0 Å². The predicted molar refractivity (Wildman–Crippen MR) is 120 cm³/mol. The molecule has 7 heteroatoms. The van der Waals surface area contributed by atoms with E-state index < -0.39 is 21.3 Å². The van der Waals surface area contributed by atoms with Gasteiger partial charge in [0.25, 0.3) is 0 Å². The molecule has 1 heterocycles. The molecule has 0 bridgehead atoms. The Kier molecular flexibility index (Phi) is 6.67. The molecule has 162 valence electrons. The van der Waals surface area contributed by atoms with Crippen molar-refractivity contribution in [1.29, 1.82) is 0 Å². The maximum absolute atomic E-state index is 13.0. The minimum atomic E-state index is -3.59. The van der Waals surface area contributed by atoms with E-state index in [9.17, 15) is 8.42 Å². The monoisotopic (exact) mass is 438 g/mol. The second kappa shape index (κ2) is 9.62. The summed E-state index contributed by atoms with van der Waals surface area (Å²) < 4.78 is 34.6. The fourth-order valence-corrected chi connectivity index (χ4v) is 5.16. The zero-order valence-electron chi connectivity index (χ0n) is 17.3. The topological polar surface area (TPSA) is 67.9 Å². The SMILES string of the molecule is CN1OC[C@@H](S(=O)(=O)NCc2ccccc2)[C@@H]1c1ccc(OCc2ccccc2)cc1. The van der Waals surface area contributed by atoms with Crippen molar-refractivity contribution >= 4 is 10.0 Å². The molecule has 1 saturated heterocycles. The quantitative estimate of drug-likeness (QED) is 0.581. The molecule has 0 unspecified atom stereocenters. The lowest BCUT2D eigenvalue weighted by Crippen LogP contribution is -2.39. The maximum atomic E-state index is 13.0. The number of hydrogen-bond acceptors (Lipinski definition) is 5. The van der Waals surface area contributed by atoms with Gasteiger partial charge in [0.05, 0.1) is 12.6 Å². The Balaban J connectivity index is 1.44. The first-order valence-electron chi connectivity index (χ1n) is 10.2. The number of sulfonamides is 1. The van der Waals surface area contributed by atoms with Crippen LogP contribution in [0.5, 0.6) is 5.75 Å². The Labute approximate surface area is 183 Å². The van der Waals surface area contributed by atoms with Gasteiger partial charge in [-0.3, -0.25) is 4.84 Å². The van der Waals surface area contributed by atoms with Crippen molar-refractivity contribution in [3.8, 4) is 5.75 Å². The Hall–Kier alpha value is -2.71. The maximum Gasteiger partial charge on any atom is 0.219 e. The lowest BCUT2D eigenvalue weighted by atomic mass is 10.0. The summed E-state index contributed by atoms with van der Waals surface area (Å²) >= 11 is 0. The van der Waals surface area contributed by atoms with Gasteiger partial charge in [-0.1, -0.05) is 72.8 Å². The third kappa shape index (κ3) is 5.32. The van der Waals surface area contributed by atoms with Gasteiger partial charge < -0.3 is 4.74 Å². The smallest absolute Gasteiger partial charge is 0.219 e. The highest BCUT2D eigenvalue weighted by atomic mass is 32.2. The van der Waals surface area contributed by atoms with E-state index in [0.717, 1.165) is 22.4 Å². The lowest BCUT2D eigenvalue weighted by molar-refractivity contribution is -0.110. The molecule has 3 aromatic rings. The third-order valence-corrected chi connectivity index (χ3v) is 7.11. The van der Waals surface area contributed by atoms with E-state index in [1.807, 2.05) is 84.9 Å². The molecule has 31 heavy (non-hydrogen) atoms. The summed E-state index contributed by atoms with van der Waals surface area (Å²) in [6.45, 7) is 0.840. The zero-order valence-corrected chi connectivity index (χ0v) is 18.2. The van der Waals surface area contributed by atoms with Gasteiger partial charge in [-0.2, -0.15) is 5.06 Å². The lowest BCUT2D eigenvalue weighted by Gasteiger charge is -2.23. The molecule has 4 rings (SSSR count). The van der Waals surface area contributed by atoms with E-state index in [2.05, 4.69) is 4.72 Å². The summed E-state index contributed by atoms with van der Waals surface area (Å²) in [5, 5.41) is 0.906. The average Bonchev–Trinajstić information content (AvgIpc) is 3.20. The molecule has 1 aliphatic rings. The molecular weight excluding hydrogens is 412 g/mol. The van der Waals surface area contributed by atoms with Gasteiger partial charge in [-0.05, 0) is 28.8 Å². The Morgan fingerprint density at radius 1 is 0.935 bits per heavy atom. The van der Waals surface area contributed by atoms with Gasteiger partial charge in [0.2, 0.25) is 10.0 Å². The van der Waals surface area contributed by atoms with Crippen LogP contribution in [0.2, 0.25) is 0 Å². The van der Waals surface area contributed by atoms with Crippen molar-refractivity contribution in [3.05, 3.63) is 102 Å². The van der Waals surface area contributed by atoms with Gasteiger partial charge in [0.15, 0.2) is 0 Å². The van der Waals surface area contributed by atoms with Crippen LogP contribution in [0.3, 0.4) is 0 Å². The first kappa shape index (κ1) is 21.5. The molecule has 0 saturated carbocycles. The van der Waals surface area contributed by atoms with E-state index in [1.54, 1.807) is 12.1 Å². The molecule has 3 aromatic carbocycles. The van der Waals surface area contributed by atoms with Crippen LogP contribution in [0.25, 0.3) is 0 Å². The molecule has 0 spiro atoms. The zero-order chi connectivity index (χ0) is 21.7. The summed E-state index contributed by atoms with van der Waals surface area (Å²) in [6, 6.07) is 26.5. The van der Waals surface area contributed by atoms with Crippen LogP contribution in [0.4, 0.5) is 0 Å². The van der Waals surface area contributed by atoms with E-state index in [4.69, 9.17) is 9.57 Å². The second-order valence-corrected chi connectivity index (χ2v) is 9.50. The standard InChI is InChI=1S/C24H26N2O4S/c1-26-24(21-12-14-22(15-13-21)29-17-20-10-6-3-7-11-20)23(18-30-26)31(27,28)25-16-19-8-4-2-5-9-19/h2-15,23-25H,16-18H2,1H3/t23-,24+/m1/s1. The highest BCUT2D eigenvalue weighted by Crippen LogP contribution is 2.34. The normalized spacial score (nSPS) is 19.4. The first-order chi connectivity index (χ1) is 15.0. The minimum Gasteiger partial charge on any atom is -0.489 e. The van der Waals surface area contributed by atoms with Crippen molar-refractivity contribution in [3.63, 3.8) is 0 Å². The van der Waals surface area contributed by atoms with Crippen molar-refractivity contribution in [1.82, 2.24) is 9.79 Å². The average molecular weight is 439 g/mol. The molecule has 1 fully saturated rings. The number of benzene rings is 3. The fourth-order valence-electron chi connectivity index (χ4n) is 3.67.